The van der Waals surface area contributed by atoms with Crippen LogP contribution in [-0.2, 0) is 0 Å². The first kappa shape index (κ1) is 15.9. The van der Waals surface area contributed by atoms with E-state index in [1.165, 1.54) is 49.7 Å². The molecule has 2 unspecified atom stereocenters. The molecule has 3 rings (SSSR count). The summed E-state index contributed by atoms with van der Waals surface area (Å²) in [6.45, 7) is 4.51. The first-order valence-corrected chi connectivity index (χ1v) is 8.51. The fourth-order valence-corrected chi connectivity index (χ4v) is 3.17. The monoisotopic (exact) mass is 280 g/mol. The smallest absolute Gasteiger partial charge is 0.000253 e. The lowest BCUT2D eigenvalue weighted by Gasteiger charge is -2.24. The minimum atomic E-state index is 0.760. The van der Waals surface area contributed by atoms with E-state index >= 15 is 0 Å². The summed E-state index contributed by atoms with van der Waals surface area (Å²) in [4.78, 5) is 0. The molecule has 0 N–H and O–H groups in total. The zero-order chi connectivity index (χ0) is 14.9. The second-order valence-corrected chi connectivity index (χ2v) is 6.02. The fourth-order valence-electron chi connectivity index (χ4n) is 3.17. The normalized spacial score (nSPS) is 26.2. The van der Waals surface area contributed by atoms with Gasteiger partial charge < -0.3 is 0 Å². The van der Waals surface area contributed by atoms with Gasteiger partial charge in [-0.25, -0.2) is 0 Å². The van der Waals surface area contributed by atoms with Gasteiger partial charge in [-0.1, -0.05) is 56.4 Å². The number of hydrogen-bond donors (Lipinski definition) is 0. The zero-order valence-electron chi connectivity index (χ0n) is 13.5. The topological polar surface area (TPSA) is 0 Å². The third-order valence-corrected chi connectivity index (χ3v) is 4.58. The van der Waals surface area contributed by atoms with Crippen molar-refractivity contribution in [2.75, 3.05) is 0 Å². The molecule has 1 saturated carbocycles. The molecule has 0 heteroatoms. The fraction of sp³-hybridized carbons (Fsp3) is 0.476. The molecule has 2 atom stereocenters. The first-order chi connectivity index (χ1) is 10.3. The van der Waals surface area contributed by atoms with E-state index in [9.17, 15) is 0 Å². The Hall–Kier alpha value is -1.52. The molecule has 3 aliphatic carbocycles. The van der Waals surface area contributed by atoms with Gasteiger partial charge in [0.2, 0.25) is 0 Å². The molecule has 3 aliphatic rings. The Morgan fingerprint density at radius 1 is 1.10 bits per heavy atom. The summed E-state index contributed by atoms with van der Waals surface area (Å²) in [5, 5.41) is 0. The summed E-state index contributed by atoms with van der Waals surface area (Å²) in [7, 11) is 0. The van der Waals surface area contributed by atoms with Gasteiger partial charge >= 0.3 is 0 Å². The van der Waals surface area contributed by atoms with Crippen molar-refractivity contribution in [2.45, 2.75) is 52.4 Å². The third kappa shape index (κ3) is 4.76. The molecule has 0 heterocycles. The molecule has 0 aromatic rings. The molecule has 0 spiro atoms. The van der Waals surface area contributed by atoms with Crippen molar-refractivity contribution in [1.29, 1.82) is 0 Å². The highest BCUT2D eigenvalue weighted by atomic mass is 14.2. The van der Waals surface area contributed by atoms with E-state index in [-0.39, 0.29) is 0 Å². The van der Waals surface area contributed by atoms with Gasteiger partial charge in [0, 0.05) is 5.57 Å². The number of allylic oxidation sites excluding steroid dienone is 9. The highest BCUT2D eigenvalue weighted by molar-refractivity contribution is 5.40. The Morgan fingerprint density at radius 3 is 2.67 bits per heavy atom. The average Bonchev–Trinajstić information content (AvgIpc) is 2.81. The molecule has 0 radical (unpaired) electrons. The summed E-state index contributed by atoms with van der Waals surface area (Å²) >= 11 is 0. The van der Waals surface area contributed by atoms with Gasteiger partial charge in [-0.15, -0.1) is 5.73 Å². The molecule has 112 valence electrons. The summed E-state index contributed by atoms with van der Waals surface area (Å²) in [6.07, 6.45) is 25.0. The van der Waals surface area contributed by atoms with E-state index in [1.807, 2.05) is 6.08 Å². The minimum Gasteiger partial charge on any atom is -0.117 e. The van der Waals surface area contributed by atoms with Gasteiger partial charge in [-0.2, -0.15) is 0 Å². The molecule has 1 fully saturated rings. The lowest BCUT2D eigenvalue weighted by Crippen LogP contribution is -2.10. The Balaban J connectivity index is 0.000000173. The molecule has 0 bridgehead atoms. The van der Waals surface area contributed by atoms with Crippen LogP contribution >= 0.6 is 0 Å². The highest BCUT2D eigenvalue weighted by Gasteiger charge is 2.20. The van der Waals surface area contributed by atoms with Crippen LogP contribution < -0.4 is 0 Å². The predicted molar refractivity (Wildman–Crippen MR) is 93.1 cm³/mol. The van der Waals surface area contributed by atoms with Crippen LogP contribution in [0.3, 0.4) is 0 Å². The van der Waals surface area contributed by atoms with Crippen LogP contribution in [-0.4, -0.2) is 0 Å². The van der Waals surface area contributed by atoms with E-state index in [2.05, 4.69) is 62.1 Å². The van der Waals surface area contributed by atoms with Crippen molar-refractivity contribution in [3.8, 4) is 0 Å². The molecule has 0 aromatic carbocycles. The summed E-state index contributed by atoms with van der Waals surface area (Å²) < 4.78 is 0. The lowest BCUT2D eigenvalue weighted by molar-refractivity contribution is 0.489. The van der Waals surface area contributed by atoms with Gasteiger partial charge in [0.05, 0.1) is 0 Å². The van der Waals surface area contributed by atoms with Crippen LogP contribution in [0.2, 0.25) is 0 Å². The predicted octanol–water partition coefficient (Wildman–Crippen LogP) is 6.30. The Bertz CT molecular complexity index is 504. The standard InChI is InChI=1S/C13H16.C8H12/c1-2-11-8-6-9-12-7-4-3-5-10-13(11)12;1-2-8-6-4-3-5-7-8/h3-5,7,11H,2,6,8-9H2,1H3;3-6,8H,2,7H2,1H3. The Kier molecular flexibility index (Phi) is 6.57. The van der Waals surface area contributed by atoms with Crippen LogP contribution in [0.25, 0.3) is 0 Å². The molecule has 0 aliphatic heterocycles. The van der Waals surface area contributed by atoms with Gasteiger partial charge in [0.25, 0.3) is 0 Å². The summed E-state index contributed by atoms with van der Waals surface area (Å²) in [6, 6.07) is 0. The molecule has 0 nitrogen and oxygen atoms in total. The van der Waals surface area contributed by atoms with E-state index in [4.69, 9.17) is 0 Å². The third-order valence-electron chi connectivity index (χ3n) is 4.58. The van der Waals surface area contributed by atoms with Crippen molar-refractivity contribution in [1.82, 2.24) is 0 Å². The van der Waals surface area contributed by atoms with Crippen molar-refractivity contribution in [3.05, 3.63) is 65.5 Å². The lowest BCUT2D eigenvalue weighted by atomic mass is 9.80. The van der Waals surface area contributed by atoms with E-state index in [0.717, 1.165) is 11.8 Å². The van der Waals surface area contributed by atoms with Crippen molar-refractivity contribution in [3.63, 3.8) is 0 Å². The molecule has 21 heavy (non-hydrogen) atoms. The van der Waals surface area contributed by atoms with Crippen LogP contribution in [0.5, 0.6) is 0 Å². The first-order valence-electron chi connectivity index (χ1n) is 8.51. The van der Waals surface area contributed by atoms with E-state index in [0.29, 0.717) is 0 Å². The van der Waals surface area contributed by atoms with Crippen LogP contribution in [0.4, 0.5) is 0 Å². The average molecular weight is 280 g/mol. The molecular formula is C21H28. The quantitative estimate of drug-likeness (QED) is 0.520. The zero-order valence-corrected chi connectivity index (χ0v) is 13.5. The number of fused-ring (bicyclic) bond motifs is 1. The molecular weight excluding hydrogens is 252 g/mol. The minimum absolute atomic E-state index is 0.760. The van der Waals surface area contributed by atoms with Crippen molar-refractivity contribution >= 4 is 0 Å². The van der Waals surface area contributed by atoms with Gasteiger partial charge in [-0.3, -0.25) is 0 Å². The van der Waals surface area contributed by atoms with Crippen molar-refractivity contribution in [2.24, 2.45) is 11.8 Å². The number of rotatable bonds is 2. The van der Waals surface area contributed by atoms with E-state index in [1.54, 1.807) is 0 Å². The van der Waals surface area contributed by atoms with Crippen LogP contribution in [0, 0.1) is 11.8 Å². The van der Waals surface area contributed by atoms with Crippen LogP contribution in [0.1, 0.15) is 52.4 Å². The number of hydrogen-bond acceptors (Lipinski definition) is 0. The second-order valence-electron chi connectivity index (χ2n) is 6.02. The van der Waals surface area contributed by atoms with E-state index < -0.39 is 0 Å². The second kappa shape index (κ2) is 8.70. The SMILES string of the molecule is CCC1C=CC=CC1.CCC1CCCC2=CC=CC=C=C21. The maximum atomic E-state index is 3.42. The Morgan fingerprint density at radius 2 is 2.00 bits per heavy atom. The van der Waals surface area contributed by atoms with Crippen LogP contribution in [0.15, 0.2) is 65.5 Å². The maximum Gasteiger partial charge on any atom is 0.000253 e. The Labute approximate surface area is 130 Å². The van der Waals surface area contributed by atoms with Gasteiger partial charge in [0.15, 0.2) is 0 Å². The van der Waals surface area contributed by atoms with Gasteiger partial charge in [0.1, 0.15) is 0 Å². The van der Waals surface area contributed by atoms with Gasteiger partial charge in [-0.05, 0) is 62.0 Å². The molecule has 0 aromatic heterocycles. The summed E-state index contributed by atoms with van der Waals surface area (Å²) in [5.41, 5.74) is 6.41. The molecule has 0 saturated heterocycles. The van der Waals surface area contributed by atoms with Crippen molar-refractivity contribution < 1.29 is 0 Å². The largest absolute Gasteiger partial charge is 0.117 e. The maximum absolute atomic E-state index is 3.42. The highest BCUT2D eigenvalue weighted by Crippen LogP contribution is 2.35. The summed E-state index contributed by atoms with van der Waals surface area (Å²) in [5.74, 6) is 1.58. The molecule has 0 amide bonds.